The van der Waals surface area contributed by atoms with Crippen molar-refractivity contribution < 1.29 is 4.74 Å². The summed E-state index contributed by atoms with van der Waals surface area (Å²) in [5, 5.41) is 0. The Morgan fingerprint density at radius 3 is 2.91 bits per heavy atom. The van der Waals surface area contributed by atoms with Gasteiger partial charge in [-0.05, 0) is 20.5 Å². The van der Waals surface area contributed by atoms with Gasteiger partial charge in [0.15, 0.2) is 0 Å². The predicted octanol–water partition coefficient (Wildman–Crippen LogP) is 0.620. The van der Waals surface area contributed by atoms with Crippen LogP contribution in [0.2, 0.25) is 0 Å². The SMILES string of the molecule is CO[C@H]1C[C@@H](CN(C)c2ncnc3c2CN(C)CC3)N(C)C1. The molecule has 0 saturated carbocycles. The average molecular weight is 305 g/mol. The lowest BCUT2D eigenvalue weighted by Gasteiger charge is -2.31. The van der Waals surface area contributed by atoms with Gasteiger partial charge < -0.3 is 14.5 Å². The van der Waals surface area contributed by atoms with E-state index >= 15 is 0 Å². The molecule has 1 saturated heterocycles. The Labute approximate surface area is 133 Å². The van der Waals surface area contributed by atoms with Crippen molar-refractivity contribution in [1.82, 2.24) is 19.8 Å². The van der Waals surface area contributed by atoms with Crippen LogP contribution in [0.15, 0.2) is 6.33 Å². The van der Waals surface area contributed by atoms with Gasteiger partial charge in [0.05, 0.1) is 11.8 Å². The van der Waals surface area contributed by atoms with Crippen LogP contribution in [0.25, 0.3) is 0 Å². The van der Waals surface area contributed by atoms with Crippen molar-refractivity contribution in [3.8, 4) is 0 Å². The smallest absolute Gasteiger partial charge is 0.136 e. The lowest BCUT2D eigenvalue weighted by Crippen LogP contribution is -2.38. The molecule has 0 amide bonds. The van der Waals surface area contributed by atoms with Crippen LogP contribution in [0.4, 0.5) is 5.82 Å². The van der Waals surface area contributed by atoms with Crippen molar-refractivity contribution in [2.75, 3.05) is 52.8 Å². The first-order chi connectivity index (χ1) is 10.6. The van der Waals surface area contributed by atoms with Crippen molar-refractivity contribution in [1.29, 1.82) is 0 Å². The molecule has 0 N–H and O–H groups in total. The molecule has 1 aromatic rings. The number of anilines is 1. The van der Waals surface area contributed by atoms with Crippen LogP contribution in [0.1, 0.15) is 17.7 Å². The molecule has 2 atom stereocenters. The molecule has 22 heavy (non-hydrogen) atoms. The van der Waals surface area contributed by atoms with Crippen LogP contribution in [0.5, 0.6) is 0 Å². The summed E-state index contributed by atoms with van der Waals surface area (Å²) in [6.07, 6.45) is 4.18. The fraction of sp³-hybridized carbons (Fsp3) is 0.750. The molecule has 0 aliphatic carbocycles. The van der Waals surface area contributed by atoms with Crippen LogP contribution >= 0.6 is 0 Å². The maximum absolute atomic E-state index is 5.51. The second-order valence-electron chi connectivity index (χ2n) is 6.68. The number of aromatic nitrogens is 2. The van der Waals surface area contributed by atoms with Gasteiger partial charge in [-0.15, -0.1) is 0 Å². The number of rotatable bonds is 4. The highest BCUT2D eigenvalue weighted by Gasteiger charge is 2.31. The molecule has 0 unspecified atom stereocenters. The van der Waals surface area contributed by atoms with Gasteiger partial charge in [0.1, 0.15) is 12.1 Å². The van der Waals surface area contributed by atoms with Gasteiger partial charge in [-0.3, -0.25) is 4.90 Å². The first kappa shape index (κ1) is 15.6. The van der Waals surface area contributed by atoms with Crippen molar-refractivity contribution in [2.45, 2.75) is 31.5 Å². The van der Waals surface area contributed by atoms with Crippen molar-refractivity contribution in [3.63, 3.8) is 0 Å². The van der Waals surface area contributed by atoms with E-state index in [9.17, 15) is 0 Å². The van der Waals surface area contributed by atoms with Crippen LogP contribution in [0, 0.1) is 0 Å². The van der Waals surface area contributed by atoms with E-state index < -0.39 is 0 Å². The Morgan fingerprint density at radius 2 is 2.18 bits per heavy atom. The van der Waals surface area contributed by atoms with E-state index in [1.54, 1.807) is 13.4 Å². The minimum Gasteiger partial charge on any atom is -0.380 e. The van der Waals surface area contributed by atoms with Crippen LogP contribution < -0.4 is 4.90 Å². The summed E-state index contributed by atoms with van der Waals surface area (Å²) in [6, 6.07) is 0.516. The Hall–Kier alpha value is -1.24. The Bertz CT molecular complexity index is 523. The molecule has 6 heteroatoms. The fourth-order valence-corrected chi connectivity index (χ4v) is 3.61. The summed E-state index contributed by atoms with van der Waals surface area (Å²) < 4.78 is 5.51. The zero-order valence-electron chi connectivity index (χ0n) is 14.1. The largest absolute Gasteiger partial charge is 0.380 e. The topological polar surface area (TPSA) is 44.7 Å². The zero-order valence-corrected chi connectivity index (χ0v) is 14.1. The molecule has 0 spiro atoms. The number of hydrogen-bond acceptors (Lipinski definition) is 6. The molecule has 3 heterocycles. The highest BCUT2D eigenvalue weighted by atomic mass is 16.5. The maximum Gasteiger partial charge on any atom is 0.136 e. The number of ether oxygens (including phenoxy) is 1. The minimum atomic E-state index is 0.355. The molecule has 0 aromatic carbocycles. The number of hydrogen-bond donors (Lipinski definition) is 0. The minimum absolute atomic E-state index is 0.355. The molecule has 122 valence electrons. The van der Waals surface area contributed by atoms with E-state index in [4.69, 9.17) is 4.74 Å². The molecule has 1 fully saturated rings. The number of fused-ring (bicyclic) bond motifs is 1. The molecule has 3 rings (SSSR count). The highest BCUT2D eigenvalue weighted by Crippen LogP contribution is 2.26. The second kappa shape index (κ2) is 6.48. The van der Waals surface area contributed by atoms with Gasteiger partial charge >= 0.3 is 0 Å². The summed E-state index contributed by atoms with van der Waals surface area (Å²) >= 11 is 0. The van der Waals surface area contributed by atoms with Crippen molar-refractivity contribution in [2.24, 2.45) is 0 Å². The third-order valence-corrected chi connectivity index (χ3v) is 5.00. The molecule has 6 nitrogen and oxygen atoms in total. The number of likely N-dealkylation sites (tertiary alicyclic amines) is 1. The van der Waals surface area contributed by atoms with Gasteiger partial charge in [-0.1, -0.05) is 0 Å². The van der Waals surface area contributed by atoms with Gasteiger partial charge in [-0.25, -0.2) is 9.97 Å². The summed E-state index contributed by atoms with van der Waals surface area (Å²) in [5.74, 6) is 1.09. The van der Waals surface area contributed by atoms with E-state index in [-0.39, 0.29) is 0 Å². The molecule has 2 aliphatic heterocycles. The second-order valence-corrected chi connectivity index (χ2v) is 6.68. The van der Waals surface area contributed by atoms with E-state index in [1.807, 2.05) is 0 Å². The van der Waals surface area contributed by atoms with Gasteiger partial charge in [0.25, 0.3) is 0 Å². The Balaban J connectivity index is 1.74. The van der Waals surface area contributed by atoms with Gasteiger partial charge in [0.2, 0.25) is 0 Å². The quantitative estimate of drug-likeness (QED) is 0.812. The lowest BCUT2D eigenvalue weighted by atomic mass is 10.1. The molecular weight excluding hydrogens is 278 g/mol. The first-order valence-electron chi connectivity index (χ1n) is 8.04. The van der Waals surface area contributed by atoms with Gasteiger partial charge in [0, 0.05) is 58.4 Å². The molecule has 2 aliphatic rings. The number of nitrogens with zero attached hydrogens (tertiary/aromatic N) is 5. The summed E-state index contributed by atoms with van der Waals surface area (Å²) in [4.78, 5) is 16.1. The van der Waals surface area contributed by atoms with Crippen LogP contribution in [-0.4, -0.2) is 79.8 Å². The highest BCUT2D eigenvalue weighted by molar-refractivity contribution is 5.49. The number of methoxy groups -OCH3 is 1. The summed E-state index contributed by atoms with van der Waals surface area (Å²) in [7, 11) is 8.29. The molecule has 0 radical (unpaired) electrons. The molecule has 0 bridgehead atoms. The zero-order chi connectivity index (χ0) is 15.7. The van der Waals surface area contributed by atoms with E-state index in [1.165, 1.54) is 11.3 Å². The molecule has 1 aromatic heterocycles. The van der Waals surface area contributed by atoms with Gasteiger partial charge in [-0.2, -0.15) is 0 Å². The van der Waals surface area contributed by atoms with Crippen LogP contribution in [0.3, 0.4) is 0 Å². The Kier molecular flexibility index (Phi) is 4.61. The van der Waals surface area contributed by atoms with Crippen LogP contribution in [-0.2, 0) is 17.7 Å². The lowest BCUT2D eigenvalue weighted by molar-refractivity contribution is 0.111. The van der Waals surface area contributed by atoms with E-state index in [0.29, 0.717) is 12.1 Å². The molecular formula is C16H27N5O. The Morgan fingerprint density at radius 1 is 1.36 bits per heavy atom. The van der Waals surface area contributed by atoms with Crippen molar-refractivity contribution in [3.05, 3.63) is 17.6 Å². The average Bonchev–Trinajstić information content (AvgIpc) is 2.86. The standard InChI is InChI=1S/C16H27N5O/c1-19-6-5-15-14(10-19)16(18-11-17-15)21(3)8-12-7-13(22-4)9-20(12)2/h11-13H,5-10H2,1-4H3/t12-,13-/m0/s1. The first-order valence-corrected chi connectivity index (χ1v) is 8.04. The monoisotopic (exact) mass is 305 g/mol. The van der Waals surface area contributed by atoms with Crippen molar-refractivity contribution >= 4 is 5.82 Å². The predicted molar refractivity (Wildman–Crippen MR) is 87.2 cm³/mol. The summed E-state index contributed by atoms with van der Waals surface area (Å²) in [5.41, 5.74) is 2.51. The third-order valence-electron chi connectivity index (χ3n) is 5.00. The van der Waals surface area contributed by atoms with E-state index in [0.717, 1.165) is 44.8 Å². The normalized spacial score (nSPS) is 26.2. The number of likely N-dealkylation sites (N-methyl/N-ethyl adjacent to an activating group) is 3. The third kappa shape index (κ3) is 3.09. The fourth-order valence-electron chi connectivity index (χ4n) is 3.61. The summed E-state index contributed by atoms with van der Waals surface area (Å²) in [6.45, 7) is 4.01. The maximum atomic E-state index is 5.51. The van der Waals surface area contributed by atoms with E-state index in [2.05, 4.69) is 45.8 Å².